The molecule has 0 aliphatic carbocycles. The molecule has 0 bridgehead atoms. The van der Waals surface area contributed by atoms with Gasteiger partial charge in [-0.2, -0.15) is 10.5 Å². The number of carbonyl (C=O) groups is 2. The molecule has 1 aliphatic rings. The predicted octanol–water partition coefficient (Wildman–Crippen LogP) is 8.66. The summed E-state index contributed by atoms with van der Waals surface area (Å²) in [6.07, 6.45) is 0. The largest absolute Gasteiger partial charge is 0.308 e. The quantitative estimate of drug-likeness (QED) is 0.192. The van der Waals surface area contributed by atoms with E-state index in [2.05, 4.69) is 12.1 Å². The molecule has 6 heteroatoms. The lowest BCUT2D eigenvalue weighted by molar-refractivity contribution is 0.0926. The molecule has 1 aromatic heterocycles. The highest BCUT2D eigenvalue weighted by Crippen LogP contribution is 2.42. The van der Waals surface area contributed by atoms with Crippen molar-refractivity contribution in [3.8, 4) is 40.1 Å². The Morgan fingerprint density at radius 2 is 1.09 bits per heavy atom. The maximum absolute atomic E-state index is 14.6. The first-order valence-electron chi connectivity index (χ1n) is 14.7. The molecule has 0 N–H and O–H groups in total. The van der Waals surface area contributed by atoms with Crippen molar-refractivity contribution in [1.29, 1.82) is 10.5 Å². The summed E-state index contributed by atoms with van der Waals surface area (Å²) in [5.41, 5.74) is 7.49. The number of nitriles is 2. The molecular weight excluding hydrogens is 568 g/mol. The number of aromatic nitrogens is 1. The summed E-state index contributed by atoms with van der Waals surface area (Å²) in [5, 5.41) is 21.2. The van der Waals surface area contributed by atoms with Crippen molar-refractivity contribution in [3.63, 3.8) is 0 Å². The summed E-state index contributed by atoms with van der Waals surface area (Å²) in [6.45, 7) is 0. The predicted molar refractivity (Wildman–Crippen MR) is 179 cm³/mol. The minimum absolute atomic E-state index is 0.266. The number of benzene rings is 6. The maximum Gasteiger partial charge on any atom is 0.268 e. The molecule has 214 valence electrons. The maximum atomic E-state index is 14.6. The van der Waals surface area contributed by atoms with Crippen LogP contribution in [0.4, 0.5) is 5.69 Å². The normalized spacial score (nSPS) is 12.3. The van der Waals surface area contributed by atoms with Crippen LogP contribution in [0.5, 0.6) is 0 Å². The van der Waals surface area contributed by atoms with E-state index in [-0.39, 0.29) is 11.1 Å². The Bertz CT molecular complexity index is 2410. The first-order valence-corrected chi connectivity index (χ1v) is 14.7. The van der Waals surface area contributed by atoms with Crippen LogP contribution in [-0.2, 0) is 0 Å². The molecule has 2 heterocycles. The fourth-order valence-electron chi connectivity index (χ4n) is 6.48. The molecule has 7 aromatic rings. The van der Waals surface area contributed by atoms with Gasteiger partial charge in [-0.15, -0.1) is 0 Å². The van der Waals surface area contributed by atoms with Gasteiger partial charge >= 0.3 is 0 Å². The molecule has 8 rings (SSSR count). The second kappa shape index (κ2) is 10.4. The number of anilines is 1. The molecule has 2 amide bonds. The summed E-state index contributed by atoms with van der Waals surface area (Å²) in [5.74, 6) is -0.856. The average Bonchev–Trinajstić information content (AvgIpc) is 3.58. The molecule has 0 fully saturated rings. The second-order valence-electron chi connectivity index (χ2n) is 11.1. The summed E-state index contributed by atoms with van der Waals surface area (Å²) >= 11 is 0. The van der Waals surface area contributed by atoms with Crippen LogP contribution in [-0.4, -0.2) is 16.4 Å². The average molecular weight is 591 g/mol. The van der Waals surface area contributed by atoms with Gasteiger partial charge in [-0.25, -0.2) is 4.90 Å². The number of rotatable bonds is 4. The van der Waals surface area contributed by atoms with E-state index in [1.165, 1.54) is 4.90 Å². The number of carbonyl (C=O) groups excluding carboxylic acids is 2. The Morgan fingerprint density at radius 1 is 0.478 bits per heavy atom. The Morgan fingerprint density at radius 3 is 1.70 bits per heavy atom. The van der Waals surface area contributed by atoms with E-state index in [0.717, 1.165) is 33.0 Å². The summed E-state index contributed by atoms with van der Waals surface area (Å²) in [7, 11) is 0. The topological polar surface area (TPSA) is 89.9 Å². The van der Waals surface area contributed by atoms with Crippen LogP contribution >= 0.6 is 0 Å². The Balaban J connectivity index is 1.35. The molecule has 1 aliphatic heterocycles. The van der Waals surface area contributed by atoms with E-state index in [9.17, 15) is 20.1 Å². The lowest BCUT2D eigenvalue weighted by Gasteiger charge is -2.20. The van der Waals surface area contributed by atoms with Crippen molar-refractivity contribution < 1.29 is 9.59 Å². The zero-order valence-corrected chi connectivity index (χ0v) is 24.3. The van der Waals surface area contributed by atoms with Crippen LogP contribution in [0, 0.1) is 22.7 Å². The van der Waals surface area contributed by atoms with Crippen molar-refractivity contribution >= 4 is 39.3 Å². The van der Waals surface area contributed by atoms with Crippen molar-refractivity contribution in [1.82, 2.24) is 4.57 Å². The van der Waals surface area contributed by atoms with E-state index in [4.69, 9.17) is 0 Å². The van der Waals surface area contributed by atoms with Crippen LogP contribution in [0.1, 0.15) is 31.8 Å². The van der Waals surface area contributed by atoms with Crippen LogP contribution in [0.2, 0.25) is 0 Å². The van der Waals surface area contributed by atoms with Gasteiger partial charge in [0.05, 0.1) is 56.8 Å². The highest BCUT2D eigenvalue weighted by molar-refractivity contribution is 6.36. The summed E-state index contributed by atoms with van der Waals surface area (Å²) < 4.78 is 1.89. The molecular formula is C40H22N4O2. The van der Waals surface area contributed by atoms with E-state index in [1.807, 2.05) is 95.6 Å². The zero-order chi connectivity index (χ0) is 31.4. The number of nitrogens with zero attached hydrogens (tertiary/aromatic N) is 4. The van der Waals surface area contributed by atoms with Gasteiger partial charge in [0.2, 0.25) is 0 Å². The molecule has 0 radical (unpaired) electrons. The van der Waals surface area contributed by atoms with Gasteiger partial charge in [-0.3, -0.25) is 9.59 Å². The van der Waals surface area contributed by atoms with Crippen molar-refractivity contribution in [2.45, 2.75) is 0 Å². The molecule has 46 heavy (non-hydrogen) atoms. The molecule has 0 saturated carbocycles. The van der Waals surface area contributed by atoms with Gasteiger partial charge in [0.25, 0.3) is 11.8 Å². The SMILES string of the molecule is N#Cc1ccc2c3ccc(C#N)cc3n(-c3cccc4c3C(=O)N(c3ccc(-c5ccccc5)cc3-c3ccccc3)C4=O)c2c1. The number of hydrogen-bond donors (Lipinski definition) is 0. The van der Waals surface area contributed by atoms with Gasteiger partial charge in [0.1, 0.15) is 0 Å². The number of amides is 2. The van der Waals surface area contributed by atoms with Gasteiger partial charge in [0, 0.05) is 16.3 Å². The third kappa shape index (κ3) is 4.02. The first kappa shape index (κ1) is 26.8. The zero-order valence-electron chi connectivity index (χ0n) is 24.3. The fourth-order valence-corrected chi connectivity index (χ4v) is 6.48. The van der Waals surface area contributed by atoms with E-state index in [0.29, 0.717) is 33.5 Å². The standard InChI is InChI=1S/C40H22N4O2/c41-23-25-14-17-30-31-18-15-26(24-42)21-37(31)43(36(30)20-25)35-13-7-12-32-38(35)40(46)44(39(32)45)34-19-16-29(27-8-3-1-4-9-27)22-33(34)28-10-5-2-6-11-28/h1-22H. The number of fused-ring (bicyclic) bond motifs is 4. The van der Waals surface area contributed by atoms with Crippen LogP contribution in [0.25, 0.3) is 49.7 Å². The number of hydrogen-bond acceptors (Lipinski definition) is 4. The second-order valence-corrected chi connectivity index (χ2v) is 11.1. The Hall–Kier alpha value is -6.76. The Labute approximate surface area is 264 Å². The minimum Gasteiger partial charge on any atom is -0.308 e. The lowest BCUT2D eigenvalue weighted by Crippen LogP contribution is -2.30. The van der Waals surface area contributed by atoms with Crippen molar-refractivity contribution in [2.24, 2.45) is 0 Å². The van der Waals surface area contributed by atoms with Crippen LogP contribution in [0.15, 0.2) is 133 Å². The van der Waals surface area contributed by atoms with Crippen LogP contribution in [0.3, 0.4) is 0 Å². The fraction of sp³-hybridized carbons (Fsp3) is 0. The van der Waals surface area contributed by atoms with E-state index >= 15 is 0 Å². The smallest absolute Gasteiger partial charge is 0.268 e. The first-order chi connectivity index (χ1) is 22.6. The van der Waals surface area contributed by atoms with Gasteiger partial charge < -0.3 is 4.57 Å². The third-order valence-corrected chi connectivity index (χ3v) is 8.59. The molecule has 6 nitrogen and oxygen atoms in total. The minimum atomic E-state index is -0.442. The summed E-state index contributed by atoms with van der Waals surface area (Å²) in [6, 6.07) is 45.9. The molecule has 0 unspecified atom stereocenters. The lowest BCUT2D eigenvalue weighted by atomic mass is 9.97. The van der Waals surface area contributed by atoms with Gasteiger partial charge in [0.15, 0.2) is 0 Å². The Kier molecular flexibility index (Phi) is 6.10. The van der Waals surface area contributed by atoms with E-state index < -0.39 is 11.8 Å². The van der Waals surface area contributed by atoms with E-state index in [1.54, 1.807) is 42.5 Å². The molecule has 6 aromatic carbocycles. The van der Waals surface area contributed by atoms with Gasteiger partial charge in [-0.05, 0) is 65.2 Å². The highest BCUT2D eigenvalue weighted by atomic mass is 16.2. The van der Waals surface area contributed by atoms with Crippen molar-refractivity contribution in [2.75, 3.05) is 4.90 Å². The van der Waals surface area contributed by atoms with Gasteiger partial charge in [-0.1, -0.05) is 84.9 Å². The third-order valence-electron chi connectivity index (χ3n) is 8.59. The summed E-state index contributed by atoms with van der Waals surface area (Å²) in [4.78, 5) is 30.0. The molecule has 0 spiro atoms. The van der Waals surface area contributed by atoms with Crippen LogP contribution < -0.4 is 4.90 Å². The molecule has 0 saturated heterocycles. The highest BCUT2D eigenvalue weighted by Gasteiger charge is 2.40. The number of imide groups is 1. The van der Waals surface area contributed by atoms with Crippen molar-refractivity contribution in [3.05, 3.63) is 156 Å². The monoisotopic (exact) mass is 590 g/mol. The molecule has 0 atom stereocenters.